The van der Waals surface area contributed by atoms with Gasteiger partial charge in [-0.2, -0.15) is 0 Å². The maximum Gasteiger partial charge on any atom is 0.308 e. The summed E-state index contributed by atoms with van der Waals surface area (Å²) < 4.78 is 4.71. The Morgan fingerprint density at radius 3 is 2.62 bits per heavy atom. The van der Waals surface area contributed by atoms with E-state index in [1.54, 1.807) is 31.2 Å². The van der Waals surface area contributed by atoms with Crippen LogP contribution in [0.25, 0.3) is 0 Å². The summed E-state index contributed by atoms with van der Waals surface area (Å²) in [5.41, 5.74) is 1.19. The van der Waals surface area contributed by atoms with Gasteiger partial charge in [0.1, 0.15) is 6.10 Å². The summed E-state index contributed by atoms with van der Waals surface area (Å²) in [6.45, 7) is 1.87. The highest BCUT2D eigenvalue weighted by molar-refractivity contribution is 5.70. The van der Waals surface area contributed by atoms with Crippen LogP contribution >= 0.6 is 0 Å². The molecule has 0 amide bonds. The minimum absolute atomic E-state index is 0.00900. The van der Waals surface area contributed by atoms with E-state index in [9.17, 15) is 19.8 Å². The number of aliphatic carboxylic acids is 1. The Labute approximate surface area is 123 Å². The van der Waals surface area contributed by atoms with E-state index in [1.807, 2.05) is 0 Å². The quantitative estimate of drug-likeness (QED) is 0.619. The number of carbonyl (C=O) groups excluding carboxylic acids is 1. The normalized spacial score (nSPS) is 13.5. The van der Waals surface area contributed by atoms with Gasteiger partial charge in [0.15, 0.2) is 0 Å². The lowest BCUT2D eigenvalue weighted by Crippen LogP contribution is -2.23. The van der Waals surface area contributed by atoms with Gasteiger partial charge in [0.25, 0.3) is 0 Å². The van der Waals surface area contributed by atoms with Crippen molar-refractivity contribution in [3.05, 3.63) is 35.4 Å². The molecule has 0 saturated heterocycles. The molecule has 0 aromatic heterocycles. The predicted molar refractivity (Wildman–Crippen MR) is 74.6 cm³/mol. The van der Waals surface area contributed by atoms with E-state index in [0.717, 1.165) is 5.56 Å². The molecule has 2 unspecified atom stereocenters. The monoisotopic (exact) mass is 296 g/mol. The average molecular weight is 296 g/mol. The van der Waals surface area contributed by atoms with Crippen LogP contribution in [-0.4, -0.2) is 40.0 Å². The zero-order chi connectivity index (χ0) is 15.8. The number of aliphatic hydroxyl groups excluding tert-OH is 2. The zero-order valence-electron chi connectivity index (χ0n) is 11.9. The lowest BCUT2D eigenvalue weighted by molar-refractivity contribution is -0.147. The Morgan fingerprint density at radius 2 is 2.00 bits per heavy atom. The summed E-state index contributed by atoms with van der Waals surface area (Å²) in [6.07, 6.45) is -2.46. The molecule has 6 nitrogen and oxygen atoms in total. The Hall–Kier alpha value is -1.92. The van der Waals surface area contributed by atoms with Crippen LogP contribution in [0, 0.1) is 0 Å². The van der Waals surface area contributed by atoms with Gasteiger partial charge in [-0.15, -0.1) is 0 Å². The fourth-order valence-electron chi connectivity index (χ4n) is 1.91. The van der Waals surface area contributed by atoms with Crippen LogP contribution in [0.3, 0.4) is 0 Å². The Balaban J connectivity index is 2.68. The van der Waals surface area contributed by atoms with E-state index in [2.05, 4.69) is 0 Å². The maximum absolute atomic E-state index is 11.3. The van der Waals surface area contributed by atoms with Crippen molar-refractivity contribution in [1.29, 1.82) is 0 Å². The summed E-state index contributed by atoms with van der Waals surface area (Å²) in [6, 6.07) is 6.66. The Morgan fingerprint density at radius 1 is 1.29 bits per heavy atom. The molecule has 1 aromatic carbocycles. The number of carbonyl (C=O) groups is 2. The van der Waals surface area contributed by atoms with Crippen molar-refractivity contribution < 1.29 is 29.6 Å². The highest BCUT2D eigenvalue weighted by atomic mass is 16.5. The standard InChI is InChI=1S/C15H20O6/c1-2-21-14(19)9-12(16)15(20)11-5-3-4-10(8-11)6-7-13(17)18/h3-5,8,12,15-16,20H,2,6-7,9H2,1H3,(H,17,18). The van der Waals surface area contributed by atoms with Gasteiger partial charge in [-0.05, 0) is 24.5 Å². The van der Waals surface area contributed by atoms with Gasteiger partial charge < -0.3 is 20.1 Å². The second-order valence-electron chi connectivity index (χ2n) is 4.66. The molecule has 0 saturated carbocycles. The molecule has 0 spiro atoms. The number of rotatable bonds is 8. The Kier molecular flexibility index (Phi) is 6.84. The third kappa shape index (κ3) is 5.93. The topological polar surface area (TPSA) is 104 Å². The molecule has 6 heteroatoms. The highest BCUT2D eigenvalue weighted by Gasteiger charge is 2.22. The number of aryl methyl sites for hydroxylation is 1. The second kappa shape index (κ2) is 8.39. The first kappa shape index (κ1) is 17.1. The minimum atomic E-state index is -1.27. The molecule has 0 heterocycles. The van der Waals surface area contributed by atoms with Crippen LogP contribution in [0.4, 0.5) is 0 Å². The number of hydrogen-bond donors (Lipinski definition) is 3. The van der Waals surface area contributed by atoms with Crippen LogP contribution in [-0.2, 0) is 20.7 Å². The molecular weight excluding hydrogens is 276 g/mol. The first-order chi connectivity index (χ1) is 9.93. The van der Waals surface area contributed by atoms with E-state index in [1.165, 1.54) is 0 Å². The molecule has 116 valence electrons. The SMILES string of the molecule is CCOC(=O)CC(O)C(O)c1cccc(CCC(=O)O)c1. The first-order valence-corrected chi connectivity index (χ1v) is 6.76. The van der Waals surface area contributed by atoms with E-state index < -0.39 is 24.1 Å². The minimum Gasteiger partial charge on any atom is -0.481 e. The summed E-state index contributed by atoms with van der Waals surface area (Å²) in [7, 11) is 0. The molecule has 0 fully saturated rings. The molecule has 1 aromatic rings. The van der Waals surface area contributed by atoms with E-state index in [0.29, 0.717) is 12.0 Å². The number of ether oxygens (including phenoxy) is 1. The van der Waals surface area contributed by atoms with Gasteiger partial charge in [-0.1, -0.05) is 24.3 Å². The molecule has 0 radical (unpaired) electrons. The van der Waals surface area contributed by atoms with Crippen molar-refractivity contribution in [2.75, 3.05) is 6.61 Å². The summed E-state index contributed by atoms with van der Waals surface area (Å²) in [4.78, 5) is 21.8. The highest BCUT2D eigenvalue weighted by Crippen LogP contribution is 2.21. The average Bonchev–Trinajstić information content (AvgIpc) is 2.44. The second-order valence-corrected chi connectivity index (χ2v) is 4.66. The fourth-order valence-corrected chi connectivity index (χ4v) is 1.91. The molecule has 0 aliphatic heterocycles. The smallest absolute Gasteiger partial charge is 0.308 e. The van der Waals surface area contributed by atoms with E-state index in [-0.39, 0.29) is 19.4 Å². The molecule has 2 atom stereocenters. The number of carboxylic acids is 1. The van der Waals surface area contributed by atoms with Crippen molar-refractivity contribution in [1.82, 2.24) is 0 Å². The summed E-state index contributed by atoms with van der Waals surface area (Å²) in [5.74, 6) is -1.48. The molecule has 0 bridgehead atoms. The molecule has 3 N–H and O–H groups in total. The predicted octanol–water partition coefficient (Wildman–Crippen LogP) is 1.05. The van der Waals surface area contributed by atoms with Crippen LogP contribution in [0.2, 0.25) is 0 Å². The van der Waals surface area contributed by atoms with E-state index in [4.69, 9.17) is 9.84 Å². The third-order valence-electron chi connectivity index (χ3n) is 2.97. The first-order valence-electron chi connectivity index (χ1n) is 6.76. The van der Waals surface area contributed by atoms with Gasteiger partial charge in [0.2, 0.25) is 0 Å². The number of hydrogen-bond acceptors (Lipinski definition) is 5. The maximum atomic E-state index is 11.3. The van der Waals surface area contributed by atoms with Gasteiger partial charge in [0.05, 0.1) is 19.1 Å². The van der Waals surface area contributed by atoms with Crippen molar-refractivity contribution in [2.45, 2.75) is 38.4 Å². The van der Waals surface area contributed by atoms with Crippen LogP contribution in [0.15, 0.2) is 24.3 Å². The lowest BCUT2D eigenvalue weighted by Gasteiger charge is -2.18. The van der Waals surface area contributed by atoms with Crippen molar-refractivity contribution in [2.24, 2.45) is 0 Å². The molecule has 1 rings (SSSR count). The number of carboxylic acid groups (broad SMARTS) is 1. The van der Waals surface area contributed by atoms with E-state index >= 15 is 0 Å². The van der Waals surface area contributed by atoms with Gasteiger partial charge in [0, 0.05) is 6.42 Å². The Bertz CT molecular complexity index is 485. The van der Waals surface area contributed by atoms with Gasteiger partial charge in [-0.25, -0.2) is 0 Å². The van der Waals surface area contributed by atoms with Gasteiger partial charge >= 0.3 is 11.9 Å². The lowest BCUT2D eigenvalue weighted by atomic mass is 9.98. The van der Waals surface area contributed by atoms with Crippen LogP contribution < -0.4 is 0 Å². The molecule has 0 aliphatic rings. The summed E-state index contributed by atoms with van der Waals surface area (Å²) in [5, 5.41) is 28.5. The van der Waals surface area contributed by atoms with Crippen molar-refractivity contribution >= 4 is 11.9 Å². The number of aliphatic hydroxyl groups is 2. The third-order valence-corrected chi connectivity index (χ3v) is 2.97. The summed E-state index contributed by atoms with van der Waals surface area (Å²) >= 11 is 0. The van der Waals surface area contributed by atoms with Crippen LogP contribution in [0.5, 0.6) is 0 Å². The number of esters is 1. The fraction of sp³-hybridized carbons (Fsp3) is 0.467. The molecular formula is C15H20O6. The zero-order valence-corrected chi connectivity index (χ0v) is 11.9. The molecule has 21 heavy (non-hydrogen) atoms. The number of benzene rings is 1. The molecule has 0 aliphatic carbocycles. The largest absolute Gasteiger partial charge is 0.481 e. The van der Waals surface area contributed by atoms with Gasteiger partial charge in [-0.3, -0.25) is 9.59 Å². The van der Waals surface area contributed by atoms with Crippen LogP contribution in [0.1, 0.15) is 37.0 Å². The van der Waals surface area contributed by atoms with Crippen molar-refractivity contribution in [3.8, 4) is 0 Å². The van der Waals surface area contributed by atoms with Crippen molar-refractivity contribution in [3.63, 3.8) is 0 Å².